The Labute approximate surface area is 100.0 Å². The van der Waals surface area contributed by atoms with Gasteiger partial charge in [-0.3, -0.25) is 14.3 Å². The Balaban J connectivity index is 2.19. The van der Waals surface area contributed by atoms with Crippen molar-refractivity contribution in [3.05, 3.63) is 0 Å². The Hall–Kier alpha value is -0.460. The van der Waals surface area contributed by atoms with E-state index < -0.39 is 19.6 Å². The van der Waals surface area contributed by atoms with Gasteiger partial charge in [0.1, 0.15) is 6.04 Å². The molecule has 7 nitrogen and oxygen atoms in total. The molecule has 0 bridgehead atoms. The van der Waals surface area contributed by atoms with Gasteiger partial charge in [0.25, 0.3) is 0 Å². The summed E-state index contributed by atoms with van der Waals surface area (Å²) in [5.74, 6) is -0.857. The van der Waals surface area contributed by atoms with Gasteiger partial charge in [0.15, 0.2) is 0 Å². The lowest BCUT2D eigenvalue weighted by atomic mass is 10.2. The van der Waals surface area contributed by atoms with Crippen LogP contribution in [0.15, 0.2) is 0 Å². The van der Waals surface area contributed by atoms with Crippen molar-refractivity contribution in [3.8, 4) is 0 Å². The predicted octanol–water partition coefficient (Wildman–Crippen LogP) is -0.697. The molecule has 0 amide bonds. The number of rotatable bonds is 6. The summed E-state index contributed by atoms with van der Waals surface area (Å²) in [5.41, 5.74) is 0. The van der Waals surface area contributed by atoms with E-state index in [9.17, 15) is 9.36 Å². The van der Waals surface area contributed by atoms with Crippen LogP contribution in [0.1, 0.15) is 12.8 Å². The van der Waals surface area contributed by atoms with Crippen molar-refractivity contribution < 1.29 is 24.3 Å². The fraction of sp³-hybridized carbons (Fsp3) is 0.889. The van der Waals surface area contributed by atoms with Crippen molar-refractivity contribution >= 4 is 13.6 Å². The normalized spacial score (nSPS) is 22.6. The highest BCUT2D eigenvalue weighted by Gasteiger charge is 2.24. The van der Waals surface area contributed by atoms with Crippen molar-refractivity contribution in [2.75, 3.05) is 32.3 Å². The molecule has 0 aromatic carbocycles. The molecule has 1 heterocycles. The number of hydrogen-bond acceptors (Lipinski definition) is 4. The van der Waals surface area contributed by atoms with Crippen molar-refractivity contribution in [3.63, 3.8) is 0 Å². The fourth-order valence-corrected chi connectivity index (χ4v) is 2.47. The lowest BCUT2D eigenvalue weighted by Crippen LogP contribution is -2.54. The Morgan fingerprint density at radius 1 is 1.41 bits per heavy atom. The number of nitrogens with zero attached hydrogens (tertiary/aromatic N) is 1. The van der Waals surface area contributed by atoms with Crippen LogP contribution in [0.25, 0.3) is 0 Å². The molecule has 1 rings (SSSR count). The Bertz CT molecular complexity index is 306. The van der Waals surface area contributed by atoms with E-state index in [0.29, 0.717) is 32.5 Å². The second-order valence-corrected chi connectivity index (χ2v) is 6.02. The van der Waals surface area contributed by atoms with Gasteiger partial charge < -0.3 is 20.2 Å². The molecule has 8 heteroatoms. The average Bonchev–Trinajstić information content (AvgIpc) is 2.23. The van der Waals surface area contributed by atoms with Crippen LogP contribution in [0, 0.1) is 0 Å². The minimum atomic E-state index is -3.89. The molecular weight excluding hydrogens is 247 g/mol. The van der Waals surface area contributed by atoms with Gasteiger partial charge in [-0.1, -0.05) is 0 Å². The molecule has 0 aliphatic carbocycles. The second-order valence-electron chi connectivity index (χ2n) is 4.24. The van der Waals surface area contributed by atoms with Crippen molar-refractivity contribution in [1.82, 2.24) is 10.2 Å². The number of carboxylic acid groups (broad SMARTS) is 1. The molecule has 100 valence electrons. The average molecular weight is 266 g/mol. The number of aliphatic carboxylic acids is 1. The summed E-state index contributed by atoms with van der Waals surface area (Å²) in [5, 5.41) is 11.7. The number of unbranched alkanes of at least 4 members (excludes halogenated alkanes) is 1. The monoisotopic (exact) mass is 266 g/mol. The zero-order chi connectivity index (χ0) is 12.9. The van der Waals surface area contributed by atoms with E-state index in [-0.39, 0.29) is 6.16 Å². The van der Waals surface area contributed by atoms with Gasteiger partial charge in [-0.2, -0.15) is 0 Å². The molecule has 0 spiro atoms. The maximum Gasteiger partial charge on any atom is 0.325 e. The van der Waals surface area contributed by atoms with Crippen LogP contribution in [-0.2, 0) is 9.36 Å². The highest BCUT2D eigenvalue weighted by Crippen LogP contribution is 2.35. The molecule has 17 heavy (non-hydrogen) atoms. The number of nitrogens with one attached hydrogen (secondary N) is 1. The first-order valence-corrected chi connectivity index (χ1v) is 7.41. The molecule has 1 aliphatic heterocycles. The van der Waals surface area contributed by atoms with Crippen LogP contribution in [0.3, 0.4) is 0 Å². The van der Waals surface area contributed by atoms with Gasteiger partial charge in [0.05, 0.1) is 0 Å². The lowest BCUT2D eigenvalue weighted by molar-refractivity contribution is -0.140. The topological polar surface area (TPSA) is 110 Å². The molecule has 4 N–H and O–H groups in total. The third-order valence-electron chi connectivity index (χ3n) is 2.73. The molecule has 1 atom stereocenters. The van der Waals surface area contributed by atoms with Gasteiger partial charge in [-0.05, 0) is 19.4 Å². The first-order valence-electron chi connectivity index (χ1n) is 5.61. The summed E-state index contributed by atoms with van der Waals surface area (Å²) in [6, 6.07) is -0.537. The van der Waals surface area contributed by atoms with Gasteiger partial charge in [-0.25, -0.2) is 0 Å². The summed E-state index contributed by atoms with van der Waals surface area (Å²) < 4.78 is 10.6. The lowest BCUT2D eigenvalue weighted by Gasteiger charge is -2.31. The van der Waals surface area contributed by atoms with Gasteiger partial charge in [-0.15, -0.1) is 0 Å². The molecule has 1 fully saturated rings. The largest absolute Gasteiger partial charge is 0.480 e. The summed E-state index contributed by atoms with van der Waals surface area (Å²) in [6.07, 6.45) is 1.05. The molecule has 1 saturated heterocycles. The zero-order valence-electron chi connectivity index (χ0n) is 9.58. The highest BCUT2D eigenvalue weighted by atomic mass is 31.2. The summed E-state index contributed by atoms with van der Waals surface area (Å²) in [4.78, 5) is 30.1. The van der Waals surface area contributed by atoms with Gasteiger partial charge in [0, 0.05) is 25.8 Å². The quantitative estimate of drug-likeness (QED) is 0.372. The van der Waals surface area contributed by atoms with Crippen LogP contribution in [0.4, 0.5) is 0 Å². The Morgan fingerprint density at radius 2 is 2.12 bits per heavy atom. The number of carboxylic acids is 1. The van der Waals surface area contributed by atoms with E-state index in [1.54, 1.807) is 0 Å². The van der Waals surface area contributed by atoms with Gasteiger partial charge in [0.2, 0.25) is 0 Å². The predicted molar refractivity (Wildman–Crippen MR) is 62.0 cm³/mol. The van der Waals surface area contributed by atoms with E-state index >= 15 is 0 Å². The summed E-state index contributed by atoms with van der Waals surface area (Å²) in [6.45, 7) is 2.55. The third kappa shape index (κ3) is 6.14. The molecule has 1 unspecified atom stereocenters. The highest BCUT2D eigenvalue weighted by molar-refractivity contribution is 7.51. The second kappa shape index (κ2) is 6.47. The van der Waals surface area contributed by atoms with Crippen LogP contribution in [0.5, 0.6) is 0 Å². The maximum atomic E-state index is 10.8. The SMILES string of the molecule is O=C(O)C1CN(CCCCP(=O)(O)O)CCN1. The molecule has 0 aromatic rings. The van der Waals surface area contributed by atoms with Gasteiger partial charge >= 0.3 is 13.6 Å². The van der Waals surface area contributed by atoms with E-state index in [1.165, 1.54) is 0 Å². The maximum absolute atomic E-state index is 10.8. The number of carbonyl (C=O) groups is 1. The first-order chi connectivity index (χ1) is 7.88. The number of piperazine rings is 1. The van der Waals surface area contributed by atoms with Crippen LogP contribution in [0.2, 0.25) is 0 Å². The number of hydrogen-bond donors (Lipinski definition) is 4. The summed E-state index contributed by atoms with van der Waals surface area (Å²) in [7, 11) is -3.89. The molecule has 0 radical (unpaired) electrons. The van der Waals surface area contributed by atoms with Crippen molar-refractivity contribution in [2.24, 2.45) is 0 Å². The minimum absolute atomic E-state index is 0.0958. The fourth-order valence-electron chi connectivity index (χ4n) is 1.83. The minimum Gasteiger partial charge on any atom is -0.480 e. The standard InChI is InChI=1S/C9H19N2O5P/c12-9(13)8-7-11(5-3-10-8)4-1-2-6-17(14,15)16/h8,10H,1-7H2,(H,12,13)(H2,14,15,16). The van der Waals surface area contributed by atoms with E-state index in [4.69, 9.17) is 14.9 Å². The smallest absolute Gasteiger partial charge is 0.325 e. The van der Waals surface area contributed by atoms with Crippen molar-refractivity contribution in [1.29, 1.82) is 0 Å². The molecule has 1 aliphatic rings. The Kier molecular flexibility index (Phi) is 5.55. The van der Waals surface area contributed by atoms with E-state index in [2.05, 4.69) is 5.32 Å². The van der Waals surface area contributed by atoms with Crippen LogP contribution >= 0.6 is 7.60 Å². The summed E-state index contributed by atoms with van der Waals surface area (Å²) >= 11 is 0. The zero-order valence-corrected chi connectivity index (χ0v) is 10.5. The van der Waals surface area contributed by atoms with Crippen molar-refractivity contribution in [2.45, 2.75) is 18.9 Å². The van der Waals surface area contributed by atoms with Crippen LogP contribution < -0.4 is 5.32 Å². The van der Waals surface area contributed by atoms with E-state index in [0.717, 1.165) is 6.54 Å². The molecular formula is C9H19N2O5P. The third-order valence-corrected chi connectivity index (χ3v) is 3.63. The first kappa shape index (κ1) is 14.6. The molecule has 0 saturated carbocycles. The van der Waals surface area contributed by atoms with Crippen LogP contribution in [-0.4, -0.2) is 64.1 Å². The molecule has 0 aromatic heterocycles. The van der Waals surface area contributed by atoms with E-state index in [1.807, 2.05) is 4.90 Å². The Morgan fingerprint density at radius 3 is 2.71 bits per heavy atom.